The summed E-state index contributed by atoms with van der Waals surface area (Å²) >= 11 is 0. The van der Waals surface area contributed by atoms with Crippen molar-refractivity contribution in [1.29, 1.82) is 0 Å². The molecule has 10 aliphatic carbocycles. The quantitative estimate of drug-likeness (QED) is 0.169. The monoisotopic (exact) mass is 765 g/mol. The van der Waals surface area contributed by atoms with E-state index in [9.17, 15) is 0 Å². The molecule has 8 bridgehead atoms. The second-order valence-corrected chi connectivity index (χ2v) is 20.9. The fraction of sp³-hybridized carbons (Fsp3) is 0.379. The number of anilines is 3. The zero-order valence-corrected chi connectivity index (χ0v) is 34.3. The molecule has 0 N–H and O–H groups in total. The molecule has 2 spiro atoms. The molecule has 16 rings (SSSR count). The van der Waals surface area contributed by atoms with Gasteiger partial charge in [-0.15, -0.1) is 0 Å². The van der Waals surface area contributed by atoms with Gasteiger partial charge in [-0.25, -0.2) is 0 Å². The van der Waals surface area contributed by atoms with E-state index < -0.39 is 0 Å². The minimum atomic E-state index is 0.118. The Morgan fingerprint density at radius 3 is 1.49 bits per heavy atom. The highest BCUT2D eigenvalue weighted by atomic mass is 15.1. The van der Waals surface area contributed by atoms with Gasteiger partial charge in [0.1, 0.15) is 0 Å². The maximum absolute atomic E-state index is 2.73. The molecule has 6 aromatic carbocycles. The van der Waals surface area contributed by atoms with Gasteiger partial charge in [-0.05, 0) is 204 Å². The molecule has 59 heavy (non-hydrogen) atoms. The number of para-hydroxylation sites is 1. The normalized spacial score (nSPS) is 33.2. The summed E-state index contributed by atoms with van der Waals surface area (Å²) < 4.78 is 0. The number of fused-ring (bicyclic) bond motifs is 7. The van der Waals surface area contributed by atoms with Crippen molar-refractivity contribution in [1.82, 2.24) is 0 Å². The molecule has 6 aromatic rings. The van der Waals surface area contributed by atoms with E-state index in [1.807, 2.05) is 0 Å². The zero-order valence-electron chi connectivity index (χ0n) is 34.3. The summed E-state index contributed by atoms with van der Waals surface area (Å²) in [6, 6.07) is 55.3. The first kappa shape index (κ1) is 33.9. The highest BCUT2D eigenvalue weighted by Gasteiger charge is 2.62. The Bertz CT molecular complexity index is 2630. The van der Waals surface area contributed by atoms with Crippen LogP contribution in [0.15, 0.2) is 140 Å². The number of benzene rings is 6. The maximum atomic E-state index is 2.73. The van der Waals surface area contributed by atoms with Crippen LogP contribution in [0.25, 0.3) is 22.3 Å². The van der Waals surface area contributed by atoms with Crippen LogP contribution in [0.3, 0.4) is 0 Å². The molecule has 5 atom stereocenters. The number of hydrogen-bond donors (Lipinski definition) is 0. The van der Waals surface area contributed by atoms with Gasteiger partial charge in [0.05, 0.1) is 0 Å². The molecule has 1 heteroatoms. The topological polar surface area (TPSA) is 3.24 Å². The van der Waals surface area contributed by atoms with Gasteiger partial charge in [-0.1, -0.05) is 116 Å². The van der Waals surface area contributed by atoms with E-state index in [0.29, 0.717) is 0 Å². The highest BCUT2D eigenvalue weighted by molar-refractivity contribution is 5.89. The van der Waals surface area contributed by atoms with Gasteiger partial charge in [0, 0.05) is 27.9 Å². The second-order valence-electron chi connectivity index (χ2n) is 20.9. The van der Waals surface area contributed by atoms with E-state index in [1.165, 1.54) is 121 Å². The highest BCUT2D eigenvalue weighted by Crippen LogP contribution is 2.71. The Kier molecular flexibility index (Phi) is 7.09. The van der Waals surface area contributed by atoms with Crippen molar-refractivity contribution in [3.63, 3.8) is 0 Å². The molecule has 0 heterocycles. The van der Waals surface area contributed by atoms with E-state index in [4.69, 9.17) is 0 Å². The van der Waals surface area contributed by atoms with Crippen LogP contribution in [0.4, 0.5) is 17.1 Å². The minimum absolute atomic E-state index is 0.118. The predicted molar refractivity (Wildman–Crippen MR) is 242 cm³/mol. The van der Waals surface area contributed by atoms with Crippen LogP contribution in [0, 0.1) is 47.3 Å². The first-order chi connectivity index (χ1) is 29.2. The summed E-state index contributed by atoms with van der Waals surface area (Å²) in [7, 11) is 0. The first-order valence-electron chi connectivity index (χ1n) is 23.6. The molecule has 0 saturated heterocycles. The molecular formula is C58H55N. The third kappa shape index (κ3) is 4.53. The second kappa shape index (κ2) is 12.3. The summed E-state index contributed by atoms with van der Waals surface area (Å²) in [5, 5.41) is 0. The molecule has 8 fully saturated rings. The molecule has 0 amide bonds. The van der Waals surface area contributed by atoms with Crippen LogP contribution in [0.2, 0.25) is 0 Å². The summed E-state index contributed by atoms with van der Waals surface area (Å²) in [5.74, 6) is 6.65. The van der Waals surface area contributed by atoms with Gasteiger partial charge < -0.3 is 4.90 Å². The zero-order chi connectivity index (χ0) is 38.5. The summed E-state index contributed by atoms with van der Waals surface area (Å²) in [5.41, 5.74) is 19.6. The third-order valence-corrected chi connectivity index (χ3v) is 18.4. The summed E-state index contributed by atoms with van der Waals surface area (Å²) in [6.45, 7) is 0. The van der Waals surface area contributed by atoms with Crippen molar-refractivity contribution < 1.29 is 0 Å². The molecular weight excluding hydrogens is 711 g/mol. The first-order valence-corrected chi connectivity index (χ1v) is 23.6. The van der Waals surface area contributed by atoms with Crippen molar-refractivity contribution in [2.75, 3.05) is 4.90 Å². The third-order valence-electron chi connectivity index (χ3n) is 18.4. The maximum Gasteiger partial charge on any atom is 0.0496 e. The fourth-order valence-corrected chi connectivity index (χ4v) is 16.8. The largest absolute Gasteiger partial charge is 0.310 e. The van der Waals surface area contributed by atoms with Gasteiger partial charge in [0.2, 0.25) is 0 Å². The number of nitrogens with zero attached hydrogens (tertiary/aromatic N) is 1. The van der Waals surface area contributed by atoms with E-state index in [-0.39, 0.29) is 10.8 Å². The standard InChI is InChI=1S/C58H55N/c1-2-10-36(11-3-1)26-41-12-4-9-17-56(41)59(47-21-23-51-49-14-6-8-16-53(49)58(55(51)35-47)44-30-39-25-40(32-44)33-45(58)31-39)46-20-22-50-48-13-5-7-15-52(48)57(54(50)34-46)42-19-18-37-24-38(28-42)29-43(57)27-37/h1-17,20-23,34-35,37-40,42-45H,18-19,24-33H2. The lowest BCUT2D eigenvalue weighted by Crippen LogP contribution is -2.55. The van der Waals surface area contributed by atoms with Crippen LogP contribution < -0.4 is 4.90 Å². The molecule has 0 aliphatic heterocycles. The molecule has 5 unspecified atom stereocenters. The summed E-state index contributed by atoms with van der Waals surface area (Å²) in [4.78, 5) is 2.71. The van der Waals surface area contributed by atoms with E-state index >= 15 is 0 Å². The van der Waals surface area contributed by atoms with Crippen molar-refractivity contribution in [2.24, 2.45) is 47.3 Å². The molecule has 0 aromatic heterocycles. The minimum Gasteiger partial charge on any atom is -0.310 e. The molecule has 8 saturated carbocycles. The predicted octanol–water partition coefficient (Wildman–Crippen LogP) is 14.6. The number of rotatable bonds is 5. The van der Waals surface area contributed by atoms with E-state index in [1.54, 1.807) is 22.3 Å². The Labute approximate surface area is 350 Å². The fourth-order valence-electron chi connectivity index (χ4n) is 16.8. The van der Waals surface area contributed by atoms with Crippen LogP contribution in [0.5, 0.6) is 0 Å². The summed E-state index contributed by atoms with van der Waals surface area (Å²) in [6.07, 6.45) is 16.6. The Hall–Kier alpha value is -4.88. The molecule has 292 valence electrons. The molecule has 10 aliphatic rings. The molecule has 1 nitrogen and oxygen atoms in total. The van der Waals surface area contributed by atoms with Gasteiger partial charge >= 0.3 is 0 Å². The van der Waals surface area contributed by atoms with Crippen LogP contribution in [0.1, 0.15) is 104 Å². The molecule has 0 radical (unpaired) electrons. The van der Waals surface area contributed by atoms with Gasteiger partial charge in [-0.3, -0.25) is 0 Å². The Morgan fingerprint density at radius 2 is 0.864 bits per heavy atom. The number of hydrogen-bond acceptors (Lipinski definition) is 1. The van der Waals surface area contributed by atoms with E-state index in [0.717, 1.165) is 53.8 Å². The average Bonchev–Trinajstić information content (AvgIpc) is 3.62. The van der Waals surface area contributed by atoms with Gasteiger partial charge in [0.15, 0.2) is 0 Å². The van der Waals surface area contributed by atoms with Crippen molar-refractivity contribution in [3.8, 4) is 22.3 Å². The lowest BCUT2D eigenvalue weighted by molar-refractivity contribution is -0.0399. The van der Waals surface area contributed by atoms with Crippen LogP contribution in [-0.4, -0.2) is 0 Å². The van der Waals surface area contributed by atoms with Crippen molar-refractivity contribution in [3.05, 3.63) is 173 Å². The average molecular weight is 766 g/mol. The SMILES string of the molecule is c1ccc(Cc2ccccc2N(c2ccc3c(c2)C2(c4ccccc4-3)C3CCC4CC(C3)CC2C4)c2ccc3c(c2)C2(c4ccccc4-3)C3CC4CC(C3)CC2C4)cc1. The Balaban J connectivity index is 0.994. The van der Waals surface area contributed by atoms with Gasteiger partial charge in [-0.2, -0.15) is 0 Å². The van der Waals surface area contributed by atoms with E-state index in [2.05, 4.69) is 144 Å². The Morgan fingerprint density at radius 1 is 0.390 bits per heavy atom. The smallest absolute Gasteiger partial charge is 0.0496 e. The lowest BCUT2D eigenvalue weighted by atomic mass is 9.43. The van der Waals surface area contributed by atoms with Crippen LogP contribution >= 0.6 is 0 Å². The van der Waals surface area contributed by atoms with Gasteiger partial charge in [0.25, 0.3) is 0 Å². The van der Waals surface area contributed by atoms with Crippen LogP contribution in [-0.2, 0) is 17.3 Å². The van der Waals surface area contributed by atoms with Crippen molar-refractivity contribution in [2.45, 2.75) is 87.9 Å². The lowest BCUT2D eigenvalue weighted by Gasteiger charge is -2.61. The van der Waals surface area contributed by atoms with Crippen molar-refractivity contribution >= 4 is 17.1 Å².